The lowest BCUT2D eigenvalue weighted by Crippen LogP contribution is -2.45. The summed E-state index contributed by atoms with van der Waals surface area (Å²) in [6.07, 6.45) is 4.38. The summed E-state index contributed by atoms with van der Waals surface area (Å²) in [7, 11) is 0. The number of hydrogen-bond acceptors (Lipinski definition) is 4. The molecule has 0 aliphatic heterocycles. The zero-order chi connectivity index (χ0) is 13.1. The molecule has 0 heterocycles. The Bertz CT molecular complexity index is 199. The molecule has 0 aromatic rings. The van der Waals surface area contributed by atoms with Gasteiger partial charge in [0.15, 0.2) is 0 Å². The van der Waals surface area contributed by atoms with Crippen LogP contribution in [0, 0.1) is 0 Å². The molecule has 0 bridgehead atoms. The van der Waals surface area contributed by atoms with Gasteiger partial charge < -0.3 is 22.1 Å². The van der Waals surface area contributed by atoms with Gasteiger partial charge in [0.1, 0.15) is 0 Å². The first-order valence-electron chi connectivity index (χ1n) is 6.61. The molecule has 0 spiro atoms. The minimum atomic E-state index is -0.365. The number of carbonyl (C=O) groups excluding carboxylic acids is 1. The summed E-state index contributed by atoms with van der Waals surface area (Å²) in [4.78, 5) is 13.9. The molecular formula is C12H28N4O. The molecule has 5 nitrogen and oxygen atoms in total. The molecule has 1 unspecified atom stereocenters. The second-order valence-electron chi connectivity index (χ2n) is 4.36. The van der Waals surface area contributed by atoms with Crippen LogP contribution in [0.1, 0.15) is 39.0 Å². The summed E-state index contributed by atoms with van der Waals surface area (Å²) in [6.45, 7) is 4.75. The first kappa shape index (κ1) is 16.4. The normalized spacial score (nSPS) is 12.5. The van der Waals surface area contributed by atoms with Crippen molar-refractivity contribution in [1.82, 2.24) is 4.90 Å². The fraction of sp³-hybridized carbons (Fsp3) is 0.917. The smallest absolute Gasteiger partial charge is 0.239 e. The molecule has 0 radical (unpaired) electrons. The summed E-state index contributed by atoms with van der Waals surface area (Å²) in [6, 6.07) is -0.365. The van der Waals surface area contributed by atoms with Gasteiger partial charge in [-0.3, -0.25) is 4.79 Å². The second-order valence-corrected chi connectivity index (χ2v) is 4.36. The van der Waals surface area contributed by atoms with Crippen LogP contribution in [0.4, 0.5) is 0 Å². The Labute approximate surface area is 105 Å². The summed E-state index contributed by atoms with van der Waals surface area (Å²) >= 11 is 0. The minimum absolute atomic E-state index is 0.0531. The molecule has 0 fully saturated rings. The van der Waals surface area contributed by atoms with Crippen LogP contribution in [0.5, 0.6) is 0 Å². The number of hydrogen-bond donors (Lipinski definition) is 3. The lowest BCUT2D eigenvalue weighted by Gasteiger charge is -2.25. The van der Waals surface area contributed by atoms with Gasteiger partial charge in [-0.25, -0.2) is 0 Å². The SMILES string of the molecule is CCCC(N)C(=O)N(CCCN)CCCCN. The van der Waals surface area contributed by atoms with Crippen LogP contribution in [0.3, 0.4) is 0 Å². The summed E-state index contributed by atoms with van der Waals surface area (Å²) in [5.74, 6) is 0.0531. The fourth-order valence-corrected chi connectivity index (χ4v) is 1.73. The van der Waals surface area contributed by atoms with Crippen LogP contribution >= 0.6 is 0 Å². The van der Waals surface area contributed by atoms with E-state index in [0.29, 0.717) is 19.6 Å². The van der Waals surface area contributed by atoms with Gasteiger partial charge in [-0.2, -0.15) is 0 Å². The van der Waals surface area contributed by atoms with Gasteiger partial charge >= 0.3 is 0 Å². The van der Waals surface area contributed by atoms with Crippen molar-refractivity contribution in [2.75, 3.05) is 26.2 Å². The third-order valence-corrected chi connectivity index (χ3v) is 2.74. The lowest BCUT2D eigenvalue weighted by atomic mass is 10.1. The predicted molar refractivity (Wildman–Crippen MR) is 71.4 cm³/mol. The number of nitrogens with two attached hydrogens (primary N) is 3. The quantitative estimate of drug-likeness (QED) is 0.472. The molecule has 0 aromatic carbocycles. The Morgan fingerprint density at radius 1 is 1.12 bits per heavy atom. The second kappa shape index (κ2) is 10.5. The van der Waals surface area contributed by atoms with E-state index in [-0.39, 0.29) is 11.9 Å². The third kappa shape index (κ3) is 7.31. The van der Waals surface area contributed by atoms with E-state index in [4.69, 9.17) is 17.2 Å². The lowest BCUT2D eigenvalue weighted by molar-refractivity contribution is -0.132. The zero-order valence-electron chi connectivity index (χ0n) is 11.0. The molecule has 0 saturated carbocycles. The van der Waals surface area contributed by atoms with Crippen molar-refractivity contribution >= 4 is 5.91 Å². The number of rotatable bonds is 10. The van der Waals surface area contributed by atoms with Gasteiger partial charge in [0, 0.05) is 13.1 Å². The molecule has 1 atom stereocenters. The molecule has 1 amide bonds. The first-order chi connectivity index (χ1) is 8.17. The van der Waals surface area contributed by atoms with Crippen molar-refractivity contribution in [3.8, 4) is 0 Å². The molecule has 0 rings (SSSR count). The van der Waals surface area contributed by atoms with Crippen molar-refractivity contribution in [3.05, 3.63) is 0 Å². The van der Waals surface area contributed by atoms with Crippen molar-refractivity contribution in [1.29, 1.82) is 0 Å². The minimum Gasteiger partial charge on any atom is -0.341 e. The molecule has 5 heteroatoms. The van der Waals surface area contributed by atoms with E-state index in [1.54, 1.807) is 0 Å². The van der Waals surface area contributed by atoms with Gasteiger partial charge in [0.25, 0.3) is 0 Å². The van der Waals surface area contributed by atoms with Crippen molar-refractivity contribution in [3.63, 3.8) is 0 Å². The zero-order valence-corrected chi connectivity index (χ0v) is 11.0. The van der Waals surface area contributed by atoms with Crippen LogP contribution < -0.4 is 17.2 Å². The van der Waals surface area contributed by atoms with Gasteiger partial charge in [-0.15, -0.1) is 0 Å². The highest BCUT2D eigenvalue weighted by Gasteiger charge is 2.19. The first-order valence-corrected chi connectivity index (χ1v) is 6.61. The molecule has 17 heavy (non-hydrogen) atoms. The van der Waals surface area contributed by atoms with Crippen molar-refractivity contribution in [2.24, 2.45) is 17.2 Å². The van der Waals surface area contributed by atoms with E-state index in [0.717, 1.165) is 38.6 Å². The van der Waals surface area contributed by atoms with Crippen LogP contribution in [-0.2, 0) is 4.79 Å². The highest BCUT2D eigenvalue weighted by atomic mass is 16.2. The van der Waals surface area contributed by atoms with E-state index in [1.165, 1.54) is 0 Å². The predicted octanol–water partition coefficient (Wildman–Crippen LogP) is 0.0301. The summed E-state index contributed by atoms with van der Waals surface area (Å²) in [5.41, 5.74) is 16.8. The Morgan fingerprint density at radius 2 is 1.71 bits per heavy atom. The Balaban J connectivity index is 4.17. The van der Waals surface area contributed by atoms with Gasteiger partial charge in [0.05, 0.1) is 6.04 Å². The molecule has 0 aliphatic rings. The van der Waals surface area contributed by atoms with E-state index < -0.39 is 0 Å². The molecule has 0 aromatic heterocycles. The Kier molecular flexibility index (Phi) is 10.1. The average molecular weight is 244 g/mol. The van der Waals surface area contributed by atoms with Gasteiger partial charge in [-0.1, -0.05) is 13.3 Å². The molecular weight excluding hydrogens is 216 g/mol. The van der Waals surface area contributed by atoms with Crippen molar-refractivity contribution < 1.29 is 4.79 Å². The maximum Gasteiger partial charge on any atom is 0.239 e. The van der Waals surface area contributed by atoms with Gasteiger partial charge in [0.2, 0.25) is 5.91 Å². The number of carbonyl (C=O) groups is 1. The topological polar surface area (TPSA) is 98.4 Å². The monoisotopic (exact) mass is 244 g/mol. The molecule has 0 aliphatic carbocycles. The Morgan fingerprint density at radius 3 is 2.24 bits per heavy atom. The fourth-order valence-electron chi connectivity index (χ4n) is 1.73. The van der Waals surface area contributed by atoms with Gasteiger partial charge in [-0.05, 0) is 38.8 Å². The largest absolute Gasteiger partial charge is 0.341 e. The highest BCUT2D eigenvalue weighted by Crippen LogP contribution is 2.03. The number of amides is 1. The average Bonchev–Trinajstić information content (AvgIpc) is 2.33. The molecule has 6 N–H and O–H groups in total. The van der Waals surface area contributed by atoms with Crippen LogP contribution in [0.2, 0.25) is 0 Å². The maximum atomic E-state index is 12.1. The van der Waals surface area contributed by atoms with E-state index >= 15 is 0 Å². The summed E-state index contributed by atoms with van der Waals surface area (Å²) < 4.78 is 0. The van der Waals surface area contributed by atoms with E-state index in [9.17, 15) is 4.79 Å². The van der Waals surface area contributed by atoms with E-state index in [1.807, 2.05) is 11.8 Å². The van der Waals surface area contributed by atoms with Crippen LogP contribution in [0.15, 0.2) is 0 Å². The number of unbranched alkanes of at least 4 members (excludes halogenated alkanes) is 1. The van der Waals surface area contributed by atoms with Crippen molar-refractivity contribution in [2.45, 2.75) is 45.1 Å². The Hall–Kier alpha value is -0.650. The third-order valence-electron chi connectivity index (χ3n) is 2.74. The molecule has 0 saturated heterocycles. The van der Waals surface area contributed by atoms with E-state index in [2.05, 4.69) is 0 Å². The standard InChI is InChI=1S/C12H28N4O/c1-2-6-11(15)12(17)16(10-5-8-14)9-4-3-7-13/h11H,2-10,13-15H2,1H3. The highest BCUT2D eigenvalue weighted by molar-refractivity contribution is 5.81. The van der Waals surface area contributed by atoms with Crippen LogP contribution in [-0.4, -0.2) is 43.0 Å². The maximum absolute atomic E-state index is 12.1. The van der Waals surface area contributed by atoms with Crippen LogP contribution in [0.25, 0.3) is 0 Å². The number of nitrogens with zero attached hydrogens (tertiary/aromatic N) is 1. The molecule has 102 valence electrons. The summed E-state index contributed by atoms with van der Waals surface area (Å²) in [5, 5.41) is 0.